The molecule has 0 atom stereocenters. The summed E-state index contributed by atoms with van der Waals surface area (Å²) in [5.41, 5.74) is 28.7. The van der Waals surface area contributed by atoms with E-state index in [1.165, 1.54) is 122 Å². The second kappa shape index (κ2) is 21.9. The van der Waals surface area contributed by atoms with Crippen LogP contribution in [0.15, 0.2) is 315 Å². The lowest BCUT2D eigenvalue weighted by Gasteiger charge is -2.34. The lowest BCUT2D eigenvalue weighted by molar-refractivity contribution is 0.806. The minimum absolute atomic E-state index is 0.213. The van der Waals surface area contributed by atoms with Crippen LogP contribution < -0.4 is 9.80 Å². The molecular formula is C87H66N2. The van der Waals surface area contributed by atoms with Crippen LogP contribution in [0.3, 0.4) is 0 Å². The molecule has 89 heavy (non-hydrogen) atoms. The molecule has 0 saturated heterocycles. The number of fused-ring (bicyclic) bond motifs is 14. The molecule has 0 aromatic heterocycles. The maximum absolute atomic E-state index is 2.60. The first-order valence-electron chi connectivity index (χ1n) is 31.5. The molecule has 0 fully saturated rings. The van der Waals surface area contributed by atoms with Gasteiger partial charge in [0.2, 0.25) is 0 Å². The average molecular weight is 1140 g/mol. The molecule has 2 aliphatic rings. The lowest BCUT2D eigenvalue weighted by atomic mass is 9.67. The van der Waals surface area contributed by atoms with Crippen LogP contribution in [0.4, 0.5) is 34.1 Å². The molecule has 14 aromatic rings. The van der Waals surface area contributed by atoms with E-state index in [2.05, 4.69) is 353 Å². The number of nitrogens with zero attached hydrogens (tertiary/aromatic N) is 2. The molecule has 14 aromatic carbocycles. The third-order valence-electron chi connectivity index (χ3n) is 18.9. The molecule has 1 spiro atoms. The van der Waals surface area contributed by atoms with Crippen molar-refractivity contribution in [1.82, 2.24) is 0 Å². The van der Waals surface area contributed by atoms with Crippen molar-refractivity contribution in [1.29, 1.82) is 0 Å². The fourth-order valence-electron chi connectivity index (χ4n) is 15.0. The topological polar surface area (TPSA) is 6.48 Å². The molecular weight excluding hydrogens is 1070 g/mol. The zero-order valence-electron chi connectivity index (χ0n) is 50.6. The first-order chi connectivity index (χ1) is 43.8. The first kappa shape index (κ1) is 53.7. The van der Waals surface area contributed by atoms with E-state index in [0.717, 1.165) is 34.1 Å². The highest BCUT2D eigenvalue weighted by atomic mass is 15.2. The van der Waals surface area contributed by atoms with E-state index >= 15 is 0 Å². The molecule has 0 aliphatic heterocycles. The molecule has 2 nitrogen and oxygen atoms in total. The van der Waals surface area contributed by atoms with Crippen molar-refractivity contribution >= 4 is 55.7 Å². The van der Waals surface area contributed by atoms with Crippen LogP contribution in [0.5, 0.6) is 0 Å². The van der Waals surface area contributed by atoms with Gasteiger partial charge in [0.1, 0.15) is 0 Å². The van der Waals surface area contributed by atoms with E-state index in [9.17, 15) is 0 Å². The highest BCUT2D eigenvalue weighted by Crippen LogP contribution is 2.67. The standard InChI is InChI=1S/C87H66N2/c1-57(2)75-55-79-80-56-76(58(3)4)78-54-68(89(66-37-21-10-22-38-66)84-52-64(60-29-13-6-14-30-60)44-48-70(84)62-33-17-8-18-34-62)46-50-74(78)86(80)87(81-41-25-23-39-71(81)72-40-24-26-42-82(72)87)85(79)73-49-45-67(53-77(73)75)88(65-35-19-9-20-36-65)83-51-63(59-27-11-5-12-28-59)43-47-69(83)61-31-15-7-16-32-61/h5-58H,1-4H3. The van der Waals surface area contributed by atoms with E-state index in [-0.39, 0.29) is 11.8 Å². The van der Waals surface area contributed by atoms with Crippen molar-refractivity contribution in [2.75, 3.05) is 9.80 Å². The Hall–Kier alpha value is -10.8. The van der Waals surface area contributed by atoms with Crippen LogP contribution in [0.25, 0.3) is 88.3 Å². The number of para-hydroxylation sites is 2. The number of rotatable bonds is 12. The van der Waals surface area contributed by atoms with E-state index < -0.39 is 5.41 Å². The Morgan fingerprint density at radius 3 is 0.944 bits per heavy atom. The predicted octanol–water partition coefficient (Wildman–Crippen LogP) is 24.2. The van der Waals surface area contributed by atoms with Gasteiger partial charge in [0, 0.05) is 33.9 Å². The molecule has 2 aliphatic carbocycles. The minimum Gasteiger partial charge on any atom is -0.310 e. The largest absolute Gasteiger partial charge is 0.310 e. The van der Waals surface area contributed by atoms with Gasteiger partial charge in [0.25, 0.3) is 0 Å². The molecule has 16 rings (SSSR count). The molecule has 2 heteroatoms. The average Bonchev–Trinajstić information content (AvgIpc) is 1.50. The van der Waals surface area contributed by atoms with Crippen LogP contribution in [-0.2, 0) is 5.41 Å². The van der Waals surface area contributed by atoms with Gasteiger partial charge in [-0.05, 0) is 195 Å². The molecule has 424 valence electrons. The Balaban J connectivity index is 0.970. The third kappa shape index (κ3) is 8.76. The summed E-state index contributed by atoms with van der Waals surface area (Å²) in [5.74, 6) is 0.427. The number of benzene rings is 14. The van der Waals surface area contributed by atoms with Gasteiger partial charge in [-0.1, -0.05) is 270 Å². The molecule has 0 radical (unpaired) electrons. The molecule has 0 heterocycles. The van der Waals surface area contributed by atoms with Gasteiger partial charge in [-0.15, -0.1) is 0 Å². The molecule has 0 amide bonds. The Kier molecular flexibility index (Phi) is 13.2. The van der Waals surface area contributed by atoms with Crippen molar-refractivity contribution in [3.8, 4) is 66.8 Å². The van der Waals surface area contributed by atoms with Crippen LogP contribution in [0.2, 0.25) is 0 Å². The summed E-state index contributed by atoms with van der Waals surface area (Å²) in [6.45, 7) is 9.52. The van der Waals surface area contributed by atoms with E-state index in [1.807, 2.05) is 0 Å². The zero-order valence-corrected chi connectivity index (χ0v) is 50.6. The quantitative estimate of drug-likeness (QED) is 0.120. The Morgan fingerprint density at radius 2 is 0.573 bits per heavy atom. The summed E-state index contributed by atoms with van der Waals surface area (Å²) in [6, 6.07) is 118. The van der Waals surface area contributed by atoms with Gasteiger partial charge < -0.3 is 9.80 Å². The van der Waals surface area contributed by atoms with Gasteiger partial charge in [-0.25, -0.2) is 0 Å². The summed E-state index contributed by atoms with van der Waals surface area (Å²) < 4.78 is 0. The Labute approximate surface area is 522 Å². The second-order valence-corrected chi connectivity index (χ2v) is 24.7. The van der Waals surface area contributed by atoms with E-state index in [1.54, 1.807) is 0 Å². The maximum Gasteiger partial charge on any atom is 0.0737 e. The summed E-state index contributed by atoms with van der Waals surface area (Å²) >= 11 is 0. The molecule has 0 saturated carbocycles. The third-order valence-corrected chi connectivity index (χ3v) is 18.9. The van der Waals surface area contributed by atoms with Crippen LogP contribution >= 0.6 is 0 Å². The smallest absolute Gasteiger partial charge is 0.0737 e. The van der Waals surface area contributed by atoms with Crippen molar-refractivity contribution in [3.63, 3.8) is 0 Å². The number of hydrogen-bond donors (Lipinski definition) is 0. The van der Waals surface area contributed by atoms with Crippen LogP contribution in [-0.4, -0.2) is 0 Å². The number of hydrogen-bond acceptors (Lipinski definition) is 2. The van der Waals surface area contributed by atoms with Gasteiger partial charge >= 0.3 is 0 Å². The monoisotopic (exact) mass is 1140 g/mol. The molecule has 0 unspecified atom stereocenters. The maximum atomic E-state index is 2.60. The Bertz CT molecular complexity index is 4670. The Morgan fingerprint density at radius 1 is 0.236 bits per heavy atom. The van der Waals surface area contributed by atoms with Gasteiger partial charge in [-0.2, -0.15) is 0 Å². The lowest BCUT2D eigenvalue weighted by Crippen LogP contribution is -2.27. The van der Waals surface area contributed by atoms with Crippen LogP contribution in [0, 0.1) is 0 Å². The molecule has 0 bridgehead atoms. The van der Waals surface area contributed by atoms with Gasteiger partial charge in [-0.3, -0.25) is 0 Å². The minimum atomic E-state index is -0.657. The highest BCUT2D eigenvalue weighted by molar-refractivity contribution is 6.12. The fraction of sp³-hybridized carbons (Fsp3) is 0.0805. The zero-order chi connectivity index (χ0) is 59.7. The van der Waals surface area contributed by atoms with Crippen molar-refractivity contribution in [3.05, 3.63) is 349 Å². The van der Waals surface area contributed by atoms with Gasteiger partial charge in [0.15, 0.2) is 0 Å². The van der Waals surface area contributed by atoms with Crippen molar-refractivity contribution in [2.24, 2.45) is 0 Å². The van der Waals surface area contributed by atoms with Crippen molar-refractivity contribution in [2.45, 2.75) is 44.9 Å². The number of anilines is 6. The predicted molar refractivity (Wildman–Crippen MR) is 377 cm³/mol. The molecule has 0 N–H and O–H groups in total. The van der Waals surface area contributed by atoms with E-state index in [0.29, 0.717) is 0 Å². The fourth-order valence-corrected chi connectivity index (χ4v) is 15.0. The summed E-state index contributed by atoms with van der Waals surface area (Å²) in [7, 11) is 0. The summed E-state index contributed by atoms with van der Waals surface area (Å²) in [6.07, 6.45) is 0. The normalized spacial score (nSPS) is 12.6. The van der Waals surface area contributed by atoms with E-state index in [4.69, 9.17) is 0 Å². The van der Waals surface area contributed by atoms with Gasteiger partial charge in [0.05, 0.1) is 16.8 Å². The highest BCUT2D eigenvalue weighted by Gasteiger charge is 2.54. The van der Waals surface area contributed by atoms with Crippen molar-refractivity contribution < 1.29 is 0 Å². The first-order valence-corrected chi connectivity index (χ1v) is 31.5. The summed E-state index contributed by atoms with van der Waals surface area (Å²) in [5, 5.41) is 5.11. The second-order valence-electron chi connectivity index (χ2n) is 24.7. The SMILES string of the molecule is CC(C)c1cc2c(c3ccc(N(c4ccccc4)c4cc(-c5ccccc5)ccc4-c4ccccc4)cc13)C1(c3ccccc3-c3ccccc31)c1c-2cc(C(C)C)c2cc(N(c3ccccc3)c3cc(-c4ccccc4)ccc3-c3ccccc3)ccc12. The summed E-state index contributed by atoms with van der Waals surface area (Å²) in [4.78, 5) is 4.99. The van der Waals surface area contributed by atoms with Crippen LogP contribution in [0.1, 0.15) is 72.9 Å².